The van der Waals surface area contributed by atoms with Gasteiger partial charge >= 0.3 is 0 Å². The van der Waals surface area contributed by atoms with E-state index in [4.69, 9.17) is 0 Å². The zero-order chi connectivity index (χ0) is 15.4. The van der Waals surface area contributed by atoms with E-state index < -0.39 is 0 Å². The minimum absolute atomic E-state index is 0.0524. The van der Waals surface area contributed by atoms with Gasteiger partial charge in [-0.25, -0.2) is 0 Å². The summed E-state index contributed by atoms with van der Waals surface area (Å²) in [5, 5.41) is 2.97. The largest absolute Gasteiger partial charge is 0.351 e. The van der Waals surface area contributed by atoms with Crippen molar-refractivity contribution in [1.82, 2.24) is 5.32 Å². The Kier molecular flexibility index (Phi) is 4.99. The molecule has 0 aliphatic carbocycles. The number of hydrogen-bond acceptors (Lipinski definition) is 2. The molecular formula is C17H24N2O2. The minimum atomic E-state index is -0.0662. The lowest BCUT2D eigenvalue weighted by Gasteiger charge is -2.18. The molecule has 0 unspecified atom stereocenters. The highest BCUT2D eigenvalue weighted by molar-refractivity contribution is 5.97. The highest BCUT2D eigenvalue weighted by Crippen LogP contribution is 2.24. The number of amides is 2. The van der Waals surface area contributed by atoms with E-state index in [1.54, 1.807) is 4.90 Å². The predicted octanol–water partition coefficient (Wildman–Crippen LogP) is 2.72. The average molecular weight is 288 g/mol. The van der Waals surface area contributed by atoms with E-state index in [9.17, 15) is 9.59 Å². The van der Waals surface area contributed by atoms with Gasteiger partial charge in [0.1, 0.15) is 0 Å². The summed E-state index contributed by atoms with van der Waals surface area (Å²) in [6, 6.07) is 5.98. The smallest absolute Gasteiger partial charge is 0.229 e. The van der Waals surface area contributed by atoms with E-state index in [2.05, 4.69) is 19.2 Å². The van der Waals surface area contributed by atoms with Crippen LogP contribution >= 0.6 is 0 Å². The van der Waals surface area contributed by atoms with Gasteiger partial charge in [0.25, 0.3) is 0 Å². The zero-order valence-electron chi connectivity index (χ0n) is 13.1. The maximum Gasteiger partial charge on any atom is 0.229 e. The second-order valence-electron chi connectivity index (χ2n) is 5.85. The lowest BCUT2D eigenvalue weighted by Crippen LogP contribution is -2.37. The fraction of sp³-hybridized carbons (Fsp3) is 0.529. The number of rotatable bonds is 5. The number of unbranched alkanes of at least 4 members (excludes halogenated alkanes) is 1. The first kappa shape index (κ1) is 15.5. The maximum atomic E-state index is 12.2. The number of benzene rings is 1. The molecule has 0 spiro atoms. The Hall–Kier alpha value is -1.84. The number of nitrogens with one attached hydrogen (secondary N) is 1. The number of anilines is 1. The van der Waals surface area contributed by atoms with Crippen LogP contribution in [0.4, 0.5) is 5.69 Å². The molecule has 1 aliphatic heterocycles. The van der Waals surface area contributed by atoms with Crippen molar-refractivity contribution in [2.24, 2.45) is 0 Å². The van der Waals surface area contributed by atoms with Crippen LogP contribution in [0.25, 0.3) is 0 Å². The molecule has 1 fully saturated rings. The van der Waals surface area contributed by atoms with Gasteiger partial charge in [0, 0.05) is 25.1 Å². The van der Waals surface area contributed by atoms with Crippen LogP contribution in [0.3, 0.4) is 0 Å². The van der Waals surface area contributed by atoms with E-state index in [0.29, 0.717) is 19.4 Å². The first-order valence-corrected chi connectivity index (χ1v) is 7.68. The monoisotopic (exact) mass is 288 g/mol. The summed E-state index contributed by atoms with van der Waals surface area (Å²) in [6.45, 7) is 6.73. The van der Waals surface area contributed by atoms with Crippen LogP contribution in [0.15, 0.2) is 18.2 Å². The predicted molar refractivity (Wildman–Crippen MR) is 84.3 cm³/mol. The van der Waals surface area contributed by atoms with Gasteiger partial charge in [-0.3, -0.25) is 9.59 Å². The highest BCUT2D eigenvalue weighted by Gasteiger charge is 2.31. The summed E-state index contributed by atoms with van der Waals surface area (Å²) in [5.74, 6) is 0.135. The third-order valence-corrected chi connectivity index (χ3v) is 4.05. The molecule has 1 saturated heterocycles. The Labute approximate surface area is 126 Å². The Balaban J connectivity index is 1.99. The average Bonchev–Trinajstić information content (AvgIpc) is 2.80. The van der Waals surface area contributed by atoms with Crippen molar-refractivity contribution in [2.45, 2.75) is 52.5 Å². The lowest BCUT2D eigenvalue weighted by atomic mass is 10.1. The van der Waals surface area contributed by atoms with Crippen LogP contribution in [-0.2, 0) is 9.59 Å². The molecule has 21 heavy (non-hydrogen) atoms. The number of hydrogen-bond donors (Lipinski definition) is 1. The number of nitrogens with zero attached hydrogens (tertiary/aromatic N) is 1. The van der Waals surface area contributed by atoms with Gasteiger partial charge in [-0.05, 0) is 43.5 Å². The molecule has 4 heteroatoms. The first-order valence-electron chi connectivity index (χ1n) is 7.68. The third kappa shape index (κ3) is 3.84. The van der Waals surface area contributed by atoms with Crippen molar-refractivity contribution < 1.29 is 9.59 Å². The van der Waals surface area contributed by atoms with Crippen molar-refractivity contribution >= 4 is 17.5 Å². The first-order chi connectivity index (χ1) is 10.0. The van der Waals surface area contributed by atoms with Crippen molar-refractivity contribution in [3.63, 3.8) is 0 Å². The molecule has 2 amide bonds. The van der Waals surface area contributed by atoms with Crippen LogP contribution in [-0.4, -0.2) is 24.4 Å². The van der Waals surface area contributed by atoms with Crippen molar-refractivity contribution in [3.05, 3.63) is 29.3 Å². The summed E-state index contributed by atoms with van der Waals surface area (Å²) in [7, 11) is 0. The molecule has 1 aromatic carbocycles. The normalized spacial score (nSPS) is 18.1. The summed E-state index contributed by atoms with van der Waals surface area (Å²) < 4.78 is 0. The van der Waals surface area contributed by atoms with Crippen LogP contribution < -0.4 is 10.2 Å². The number of aryl methyl sites for hydroxylation is 2. The standard InChI is InChI=1S/C17H24N2O2/c1-4-5-6-16(20)18-14-10-17(21)19(11-14)15-8-7-12(2)13(3)9-15/h7-9,14H,4-6,10-11H2,1-3H3,(H,18,20)/t14-/m0/s1. The molecule has 1 N–H and O–H groups in total. The van der Waals surface area contributed by atoms with E-state index in [1.165, 1.54) is 11.1 Å². The Morgan fingerprint density at radius 3 is 2.76 bits per heavy atom. The van der Waals surface area contributed by atoms with Crippen LogP contribution in [0.5, 0.6) is 0 Å². The van der Waals surface area contributed by atoms with E-state index in [0.717, 1.165) is 18.5 Å². The molecule has 1 atom stereocenters. The lowest BCUT2D eigenvalue weighted by molar-refractivity contribution is -0.121. The van der Waals surface area contributed by atoms with Gasteiger partial charge in [0.15, 0.2) is 0 Å². The van der Waals surface area contributed by atoms with E-state index in [-0.39, 0.29) is 17.9 Å². The van der Waals surface area contributed by atoms with Gasteiger partial charge < -0.3 is 10.2 Å². The van der Waals surface area contributed by atoms with Crippen molar-refractivity contribution in [3.8, 4) is 0 Å². The molecule has 1 aromatic rings. The second-order valence-corrected chi connectivity index (χ2v) is 5.85. The van der Waals surface area contributed by atoms with Crippen LogP contribution in [0.2, 0.25) is 0 Å². The van der Waals surface area contributed by atoms with Gasteiger partial charge in [-0.1, -0.05) is 19.4 Å². The highest BCUT2D eigenvalue weighted by atomic mass is 16.2. The van der Waals surface area contributed by atoms with Crippen LogP contribution in [0.1, 0.15) is 43.7 Å². The van der Waals surface area contributed by atoms with Crippen molar-refractivity contribution in [1.29, 1.82) is 0 Å². The quantitative estimate of drug-likeness (QED) is 0.905. The molecule has 0 radical (unpaired) electrons. The molecule has 114 valence electrons. The van der Waals surface area contributed by atoms with Crippen molar-refractivity contribution in [2.75, 3.05) is 11.4 Å². The van der Waals surface area contributed by atoms with Gasteiger partial charge in [-0.15, -0.1) is 0 Å². The third-order valence-electron chi connectivity index (χ3n) is 4.05. The topological polar surface area (TPSA) is 49.4 Å². The Bertz CT molecular complexity index is 540. The van der Waals surface area contributed by atoms with Gasteiger partial charge in [-0.2, -0.15) is 0 Å². The molecule has 1 heterocycles. The SMILES string of the molecule is CCCCC(=O)N[C@H]1CC(=O)N(c2ccc(C)c(C)c2)C1. The Morgan fingerprint density at radius 2 is 2.10 bits per heavy atom. The molecule has 4 nitrogen and oxygen atoms in total. The van der Waals surface area contributed by atoms with Gasteiger partial charge in [0.2, 0.25) is 11.8 Å². The zero-order valence-corrected chi connectivity index (χ0v) is 13.1. The number of carbonyl (C=O) groups is 2. The molecule has 0 saturated carbocycles. The molecule has 0 bridgehead atoms. The summed E-state index contributed by atoms with van der Waals surface area (Å²) in [5.41, 5.74) is 3.32. The maximum absolute atomic E-state index is 12.2. The fourth-order valence-corrected chi connectivity index (χ4v) is 2.58. The summed E-state index contributed by atoms with van der Waals surface area (Å²) in [6.07, 6.45) is 2.84. The van der Waals surface area contributed by atoms with Gasteiger partial charge in [0.05, 0.1) is 6.04 Å². The van der Waals surface area contributed by atoms with E-state index >= 15 is 0 Å². The molecule has 1 aliphatic rings. The Morgan fingerprint density at radius 1 is 1.33 bits per heavy atom. The molecule has 0 aromatic heterocycles. The summed E-state index contributed by atoms with van der Waals surface area (Å²) >= 11 is 0. The van der Waals surface area contributed by atoms with Crippen LogP contribution in [0, 0.1) is 13.8 Å². The molecular weight excluding hydrogens is 264 g/mol. The summed E-state index contributed by atoms with van der Waals surface area (Å²) in [4.78, 5) is 25.7. The minimum Gasteiger partial charge on any atom is -0.351 e. The molecule has 2 rings (SSSR count). The number of carbonyl (C=O) groups excluding carboxylic acids is 2. The fourth-order valence-electron chi connectivity index (χ4n) is 2.58. The van der Waals surface area contributed by atoms with E-state index in [1.807, 2.05) is 25.1 Å². The second kappa shape index (κ2) is 6.74.